The third-order valence-electron chi connectivity index (χ3n) is 2.44. The minimum atomic E-state index is -0.413. The van der Waals surface area contributed by atoms with Crippen molar-refractivity contribution in [2.24, 2.45) is 0 Å². The molecule has 0 aliphatic carbocycles. The lowest BCUT2D eigenvalue weighted by Gasteiger charge is -2.07. The van der Waals surface area contributed by atoms with E-state index in [-0.39, 0.29) is 17.5 Å². The maximum Gasteiger partial charge on any atom is 0.247 e. The smallest absolute Gasteiger partial charge is 0.247 e. The van der Waals surface area contributed by atoms with Crippen molar-refractivity contribution in [1.29, 1.82) is 0 Å². The second kappa shape index (κ2) is 5.43. The van der Waals surface area contributed by atoms with E-state index in [0.29, 0.717) is 5.56 Å². The Hall–Kier alpha value is -2.50. The average molecular weight is 262 g/mol. The molecule has 0 spiro atoms. The molecule has 0 aliphatic heterocycles. The van der Waals surface area contributed by atoms with E-state index in [9.17, 15) is 9.18 Å². The molecule has 98 valence electrons. The summed E-state index contributed by atoms with van der Waals surface area (Å²) < 4.78 is 22.7. The van der Waals surface area contributed by atoms with E-state index in [1.807, 2.05) is 0 Å². The van der Waals surface area contributed by atoms with Crippen LogP contribution in [-0.4, -0.2) is 30.0 Å². The van der Waals surface area contributed by atoms with Crippen molar-refractivity contribution in [3.05, 3.63) is 47.5 Å². The minimum Gasteiger partial charge on any atom is -0.480 e. The molecular weight excluding hydrogens is 251 g/mol. The van der Waals surface area contributed by atoms with Crippen molar-refractivity contribution in [3.63, 3.8) is 0 Å². The molecule has 2 rings (SSSR count). The Bertz CT molecular complexity index is 599. The maximum absolute atomic E-state index is 12.8. The van der Waals surface area contributed by atoms with Gasteiger partial charge in [0.05, 0.1) is 20.4 Å². The predicted octanol–water partition coefficient (Wildman–Crippen LogP) is 1.86. The van der Waals surface area contributed by atoms with Gasteiger partial charge in [0.2, 0.25) is 17.5 Å². The first-order valence-corrected chi connectivity index (χ1v) is 5.41. The van der Waals surface area contributed by atoms with E-state index in [1.54, 1.807) is 0 Å². The van der Waals surface area contributed by atoms with Gasteiger partial charge in [-0.3, -0.25) is 4.79 Å². The van der Waals surface area contributed by atoms with Gasteiger partial charge in [0.25, 0.3) is 0 Å². The molecule has 1 aromatic carbocycles. The number of nitrogens with zero attached hydrogens (tertiary/aromatic N) is 2. The highest BCUT2D eigenvalue weighted by Gasteiger charge is 2.18. The van der Waals surface area contributed by atoms with Crippen LogP contribution in [0.1, 0.15) is 16.1 Å². The second-order valence-electron chi connectivity index (χ2n) is 3.61. The molecule has 0 saturated heterocycles. The van der Waals surface area contributed by atoms with Gasteiger partial charge < -0.3 is 9.47 Å². The van der Waals surface area contributed by atoms with Gasteiger partial charge in [-0.05, 0) is 24.3 Å². The number of carbonyl (C=O) groups is 1. The van der Waals surface area contributed by atoms with Gasteiger partial charge in [0, 0.05) is 5.56 Å². The summed E-state index contributed by atoms with van der Waals surface area (Å²) in [6.07, 6.45) is 1.32. The number of ketones is 1. The monoisotopic (exact) mass is 262 g/mol. The summed E-state index contributed by atoms with van der Waals surface area (Å²) in [6.45, 7) is 0. The number of halogens is 1. The van der Waals surface area contributed by atoms with Gasteiger partial charge in [-0.2, -0.15) is 4.98 Å². The van der Waals surface area contributed by atoms with Gasteiger partial charge in [-0.1, -0.05) is 0 Å². The summed E-state index contributed by atoms with van der Waals surface area (Å²) in [5, 5.41) is 0. The number of ether oxygens (including phenoxy) is 2. The van der Waals surface area contributed by atoms with Gasteiger partial charge in [-0.25, -0.2) is 9.37 Å². The molecule has 6 heteroatoms. The van der Waals surface area contributed by atoms with Crippen LogP contribution in [0.2, 0.25) is 0 Å². The molecule has 0 amide bonds. The molecule has 0 bridgehead atoms. The highest BCUT2D eigenvalue weighted by atomic mass is 19.1. The number of benzene rings is 1. The zero-order valence-corrected chi connectivity index (χ0v) is 10.4. The van der Waals surface area contributed by atoms with Crippen LogP contribution in [0.4, 0.5) is 4.39 Å². The topological polar surface area (TPSA) is 61.3 Å². The van der Waals surface area contributed by atoms with Crippen molar-refractivity contribution in [2.45, 2.75) is 0 Å². The van der Waals surface area contributed by atoms with E-state index in [1.165, 1.54) is 44.7 Å². The zero-order valence-electron chi connectivity index (χ0n) is 10.4. The van der Waals surface area contributed by atoms with Crippen LogP contribution < -0.4 is 9.47 Å². The van der Waals surface area contributed by atoms with Gasteiger partial charge in [0.1, 0.15) is 5.82 Å². The van der Waals surface area contributed by atoms with Gasteiger partial charge >= 0.3 is 0 Å². The number of hydrogen-bond donors (Lipinski definition) is 0. The summed E-state index contributed by atoms with van der Waals surface area (Å²) in [5.74, 6) is -0.502. The fourth-order valence-corrected chi connectivity index (χ4v) is 1.49. The average Bonchev–Trinajstić information content (AvgIpc) is 2.46. The van der Waals surface area contributed by atoms with Gasteiger partial charge in [0.15, 0.2) is 5.69 Å². The molecule has 1 aromatic heterocycles. The van der Waals surface area contributed by atoms with Crippen molar-refractivity contribution >= 4 is 5.78 Å². The minimum absolute atomic E-state index is 0.0508. The molecule has 1 heterocycles. The number of rotatable bonds is 4. The third-order valence-corrected chi connectivity index (χ3v) is 2.44. The van der Waals surface area contributed by atoms with Crippen LogP contribution in [0, 0.1) is 5.82 Å². The van der Waals surface area contributed by atoms with E-state index >= 15 is 0 Å². The molecule has 0 aliphatic rings. The molecule has 0 unspecified atom stereocenters. The summed E-state index contributed by atoms with van der Waals surface area (Å²) in [6, 6.07) is 5.17. The fourth-order valence-electron chi connectivity index (χ4n) is 1.49. The van der Waals surface area contributed by atoms with Crippen molar-refractivity contribution < 1.29 is 18.7 Å². The number of methoxy groups -OCH3 is 2. The summed E-state index contributed by atoms with van der Waals surface area (Å²) in [5.41, 5.74) is 0.356. The van der Waals surface area contributed by atoms with E-state index in [4.69, 9.17) is 9.47 Å². The molecule has 0 fully saturated rings. The lowest BCUT2D eigenvalue weighted by Crippen LogP contribution is -2.08. The number of aromatic nitrogens is 2. The Morgan fingerprint density at radius 1 is 1.16 bits per heavy atom. The first-order valence-electron chi connectivity index (χ1n) is 5.41. The van der Waals surface area contributed by atoms with E-state index in [0.717, 1.165) is 0 Å². The van der Waals surface area contributed by atoms with Crippen LogP contribution >= 0.6 is 0 Å². The molecule has 0 atom stereocenters. The van der Waals surface area contributed by atoms with Crippen LogP contribution in [0.5, 0.6) is 11.8 Å². The second-order valence-corrected chi connectivity index (χ2v) is 3.61. The molecular formula is C13H11FN2O3. The van der Waals surface area contributed by atoms with E-state index < -0.39 is 11.6 Å². The molecule has 0 N–H and O–H groups in total. The summed E-state index contributed by atoms with van der Waals surface area (Å²) in [7, 11) is 2.82. The Balaban J connectivity index is 2.40. The Kier molecular flexibility index (Phi) is 3.70. The fraction of sp³-hybridized carbons (Fsp3) is 0.154. The van der Waals surface area contributed by atoms with Crippen molar-refractivity contribution in [2.75, 3.05) is 14.2 Å². The SMILES string of the molecule is COc1cnc(C(=O)c2ccc(F)cc2)c(OC)n1. The summed E-state index contributed by atoms with van der Waals surface area (Å²) >= 11 is 0. The van der Waals surface area contributed by atoms with Crippen LogP contribution in [-0.2, 0) is 0 Å². The van der Waals surface area contributed by atoms with Crippen LogP contribution in [0.25, 0.3) is 0 Å². The first-order chi connectivity index (χ1) is 9.15. The zero-order chi connectivity index (χ0) is 13.8. The normalized spacial score (nSPS) is 10.1. The highest BCUT2D eigenvalue weighted by molar-refractivity contribution is 6.09. The number of hydrogen-bond acceptors (Lipinski definition) is 5. The maximum atomic E-state index is 12.8. The van der Waals surface area contributed by atoms with Crippen LogP contribution in [0.3, 0.4) is 0 Å². The molecule has 0 radical (unpaired) electrons. The summed E-state index contributed by atoms with van der Waals surface area (Å²) in [4.78, 5) is 20.1. The Labute approximate surface area is 109 Å². The molecule has 0 saturated carbocycles. The first kappa shape index (κ1) is 12.9. The standard InChI is InChI=1S/C13H11FN2O3/c1-18-10-7-15-11(13(16-10)19-2)12(17)8-3-5-9(14)6-4-8/h3-7H,1-2H3. The number of carbonyl (C=O) groups excluding carboxylic acids is 1. The van der Waals surface area contributed by atoms with Crippen molar-refractivity contribution in [3.8, 4) is 11.8 Å². The highest BCUT2D eigenvalue weighted by Crippen LogP contribution is 2.20. The molecule has 5 nitrogen and oxygen atoms in total. The Morgan fingerprint density at radius 2 is 1.84 bits per heavy atom. The third kappa shape index (κ3) is 2.67. The van der Waals surface area contributed by atoms with Crippen LogP contribution in [0.15, 0.2) is 30.5 Å². The van der Waals surface area contributed by atoms with E-state index in [2.05, 4.69) is 9.97 Å². The Morgan fingerprint density at radius 3 is 2.42 bits per heavy atom. The lowest BCUT2D eigenvalue weighted by atomic mass is 10.1. The van der Waals surface area contributed by atoms with Crippen molar-refractivity contribution in [1.82, 2.24) is 9.97 Å². The quantitative estimate of drug-likeness (QED) is 0.787. The lowest BCUT2D eigenvalue weighted by molar-refractivity contribution is 0.103. The van der Waals surface area contributed by atoms with Gasteiger partial charge in [-0.15, -0.1) is 0 Å². The largest absolute Gasteiger partial charge is 0.480 e. The predicted molar refractivity (Wildman–Crippen MR) is 65.0 cm³/mol. The molecule has 19 heavy (non-hydrogen) atoms. The molecule has 2 aromatic rings.